The molecule has 290 valence electrons. The van der Waals surface area contributed by atoms with Crippen molar-refractivity contribution in [2.75, 3.05) is 0 Å². The van der Waals surface area contributed by atoms with E-state index in [9.17, 15) is 0 Å². The summed E-state index contributed by atoms with van der Waals surface area (Å²) >= 11 is 0. The Hall–Kier alpha value is -8.14. The minimum atomic E-state index is -0.457. The van der Waals surface area contributed by atoms with Crippen molar-refractivity contribution in [2.24, 2.45) is 0 Å². The second kappa shape index (κ2) is 14.5. The van der Waals surface area contributed by atoms with E-state index in [1.807, 2.05) is 30.3 Å². The van der Waals surface area contributed by atoms with Gasteiger partial charge in [-0.25, -0.2) is 9.97 Å². The molecule has 62 heavy (non-hydrogen) atoms. The van der Waals surface area contributed by atoms with Crippen molar-refractivity contribution in [3.05, 3.63) is 253 Å². The van der Waals surface area contributed by atoms with Crippen molar-refractivity contribution in [1.29, 1.82) is 0 Å². The average molecular weight is 791 g/mol. The largest absolute Gasteiger partial charge is 0.455 e. The standard InChI is InChI=1S/C59H38N2O/c1-4-16-41(17-5-1)58-60-54(40-32-30-39(31-33-40)42-18-14-19-43(36-42)47-26-15-27-50-49-25-11-13-29-56(49)62-57(47)50)38-55(61-58)44-34-35-53-51(37-44)48-24-10-12-28-52(48)59(53,45-20-6-2-7-21-45)46-22-8-3-9-23-46/h1-38H. The van der Waals surface area contributed by atoms with Gasteiger partial charge in [-0.3, -0.25) is 0 Å². The summed E-state index contributed by atoms with van der Waals surface area (Å²) < 4.78 is 6.40. The van der Waals surface area contributed by atoms with Crippen molar-refractivity contribution >= 4 is 21.9 Å². The maximum absolute atomic E-state index is 6.40. The molecule has 0 aliphatic heterocycles. The molecule has 0 fully saturated rings. The lowest BCUT2D eigenvalue weighted by molar-refractivity contribution is 0.670. The van der Waals surface area contributed by atoms with Gasteiger partial charge in [0.25, 0.3) is 0 Å². The van der Waals surface area contributed by atoms with Gasteiger partial charge in [0.05, 0.1) is 16.8 Å². The number of furan rings is 1. The van der Waals surface area contributed by atoms with Gasteiger partial charge in [-0.05, 0) is 74.3 Å². The van der Waals surface area contributed by atoms with Crippen LogP contribution in [0.5, 0.6) is 0 Å². The first kappa shape index (κ1) is 35.8. The van der Waals surface area contributed by atoms with E-state index in [4.69, 9.17) is 14.4 Å². The first-order valence-corrected chi connectivity index (χ1v) is 21.1. The van der Waals surface area contributed by atoms with Crippen LogP contribution in [0, 0.1) is 0 Å². The first-order chi connectivity index (χ1) is 30.7. The smallest absolute Gasteiger partial charge is 0.160 e. The Morgan fingerprint density at radius 3 is 1.65 bits per heavy atom. The van der Waals surface area contributed by atoms with Crippen LogP contribution in [0.1, 0.15) is 22.3 Å². The summed E-state index contributed by atoms with van der Waals surface area (Å²) in [5, 5.41) is 2.26. The summed E-state index contributed by atoms with van der Waals surface area (Å²) in [4.78, 5) is 10.4. The highest BCUT2D eigenvalue weighted by Gasteiger charge is 2.46. The van der Waals surface area contributed by atoms with Gasteiger partial charge in [-0.2, -0.15) is 0 Å². The van der Waals surface area contributed by atoms with Crippen molar-refractivity contribution in [3.8, 4) is 67.3 Å². The lowest BCUT2D eigenvalue weighted by atomic mass is 9.67. The van der Waals surface area contributed by atoms with Crippen LogP contribution in [0.2, 0.25) is 0 Å². The van der Waals surface area contributed by atoms with Crippen molar-refractivity contribution in [1.82, 2.24) is 9.97 Å². The minimum absolute atomic E-state index is 0.457. The number of rotatable bonds is 7. The van der Waals surface area contributed by atoms with Crippen LogP contribution >= 0.6 is 0 Å². The SMILES string of the molecule is c1ccc(-c2nc(-c3ccc(-c4cccc(-c5cccc6c5oc5ccccc56)c4)cc3)cc(-c3ccc4c(c3)-c3ccccc3C4(c3ccccc3)c3ccccc3)n2)cc1. The van der Waals surface area contributed by atoms with Gasteiger partial charge in [-0.15, -0.1) is 0 Å². The molecule has 0 bridgehead atoms. The number of nitrogens with zero attached hydrogens (tertiary/aromatic N) is 2. The molecule has 0 N–H and O–H groups in total. The van der Waals surface area contributed by atoms with E-state index < -0.39 is 5.41 Å². The summed E-state index contributed by atoms with van der Waals surface area (Å²) in [5.74, 6) is 0.693. The van der Waals surface area contributed by atoms with Crippen LogP contribution in [-0.4, -0.2) is 9.97 Å². The van der Waals surface area contributed by atoms with Gasteiger partial charge in [0.1, 0.15) is 11.2 Å². The molecule has 0 saturated heterocycles. The van der Waals surface area contributed by atoms with Crippen LogP contribution < -0.4 is 0 Å². The number of para-hydroxylation sites is 2. The molecule has 3 nitrogen and oxygen atoms in total. The molecule has 0 amide bonds. The molecule has 1 aliphatic rings. The van der Waals surface area contributed by atoms with Crippen LogP contribution in [0.25, 0.3) is 89.2 Å². The Balaban J connectivity index is 0.954. The third kappa shape index (κ3) is 5.74. The molecule has 0 saturated carbocycles. The van der Waals surface area contributed by atoms with Gasteiger partial charge >= 0.3 is 0 Å². The second-order valence-corrected chi connectivity index (χ2v) is 16.1. The number of aromatic nitrogens is 2. The van der Waals surface area contributed by atoms with E-state index in [-0.39, 0.29) is 0 Å². The third-order valence-corrected chi connectivity index (χ3v) is 12.6. The fraction of sp³-hybridized carbons (Fsp3) is 0.0169. The molecule has 2 aromatic heterocycles. The van der Waals surface area contributed by atoms with E-state index in [0.29, 0.717) is 5.82 Å². The molecule has 12 rings (SSSR count). The van der Waals surface area contributed by atoms with Crippen LogP contribution in [0.15, 0.2) is 235 Å². The van der Waals surface area contributed by atoms with E-state index in [1.165, 1.54) is 33.4 Å². The van der Waals surface area contributed by atoms with E-state index in [2.05, 4.69) is 200 Å². The molecular weight excluding hydrogens is 753 g/mol. The Labute approximate surface area is 360 Å². The number of hydrogen-bond acceptors (Lipinski definition) is 3. The summed E-state index contributed by atoms with van der Waals surface area (Å²) in [5.41, 5.74) is 18.1. The summed E-state index contributed by atoms with van der Waals surface area (Å²) in [6.07, 6.45) is 0. The predicted octanol–water partition coefficient (Wildman–Crippen LogP) is 15.1. The van der Waals surface area contributed by atoms with Gasteiger partial charge in [0.2, 0.25) is 0 Å². The summed E-state index contributed by atoms with van der Waals surface area (Å²) in [6.45, 7) is 0. The highest BCUT2D eigenvalue weighted by atomic mass is 16.3. The zero-order valence-corrected chi connectivity index (χ0v) is 33.7. The average Bonchev–Trinajstić information content (AvgIpc) is 3.89. The topological polar surface area (TPSA) is 38.9 Å². The van der Waals surface area contributed by atoms with Gasteiger partial charge in [-0.1, -0.05) is 206 Å². The molecule has 3 heteroatoms. The Kier molecular flexibility index (Phi) is 8.39. The van der Waals surface area contributed by atoms with Crippen LogP contribution in [-0.2, 0) is 5.41 Å². The van der Waals surface area contributed by atoms with E-state index in [0.717, 1.165) is 72.3 Å². The number of fused-ring (bicyclic) bond motifs is 6. The van der Waals surface area contributed by atoms with Gasteiger partial charge in [0, 0.05) is 33.0 Å². The van der Waals surface area contributed by atoms with Crippen molar-refractivity contribution in [3.63, 3.8) is 0 Å². The Bertz CT molecular complexity index is 3400. The van der Waals surface area contributed by atoms with E-state index in [1.54, 1.807) is 0 Å². The number of benzene rings is 9. The zero-order chi connectivity index (χ0) is 41.0. The highest BCUT2D eigenvalue weighted by Crippen LogP contribution is 2.56. The molecule has 0 spiro atoms. The highest BCUT2D eigenvalue weighted by molar-refractivity contribution is 6.09. The Morgan fingerprint density at radius 1 is 0.323 bits per heavy atom. The quantitative estimate of drug-likeness (QED) is 0.161. The summed E-state index contributed by atoms with van der Waals surface area (Å²) in [7, 11) is 0. The molecule has 0 radical (unpaired) electrons. The minimum Gasteiger partial charge on any atom is -0.455 e. The fourth-order valence-electron chi connectivity index (χ4n) is 9.74. The maximum Gasteiger partial charge on any atom is 0.160 e. The van der Waals surface area contributed by atoms with E-state index >= 15 is 0 Å². The molecule has 11 aromatic rings. The second-order valence-electron chi connectivity index (χ2n) is 16.1. The lowest BCUT2D eigenvalue weighted by Gasteiger charge is -2.33. The third-order valence-electron chi connectivity index (χ3n) is 12.6. The molecule has 2 heterocycles. The molecular formula is C59H38N2O. The first-order valence-electron chi connectivity index (χ1n) is 21.1. The number of hydrogen-bond donors (Lipinski definition) is 0. The van der Waals surface area contributed by atoms with Crippen LogP contribution in [0.3, 0.4) is 0 Å². The fourth-order valence-corrected chi connectivity index (χ4v) is 9.74. The van der Waals surface area contributed by atoms with Gasteiger partial charge in [0.15, 0.2) is 5.82 Å². The lowest BCUT2D eigenvalue weighted by Crippen LogP contribution is -2.28. The van der Waals surface area contributed by atoms with Crippen LogP contribution in [0.4, 0.5) is 0 Å². The molecule has 0 atom stereocenters. The van der Waals surface area contributed by atoms with Crippen molar-refractivity contribution in [2.45, 2.75) is 5.41 Å². The summed E-state index contributed by atoms with van der Waals surface area (Å²) in [6, 6.07) is 82.2. The zero-order valence-electron chi connectivity index (χ0n) is 33.7. The maximum atomic E-state index is 6.40. The normalized spacial score (nSPS) is 12.6. The molecule has 9 aromatic carbocycles. The monoisotopic (exact) mass is 790 g/mol. The van der Waals surface area contributed by atoms with Crippen molar-refractivity contribution < 1.29 is 4.42 Å². The molecule has 1 aliphatic carbocycles. The Morgan fingerprint density at radius 2 is 0.871 bits per heavy atom. The molecule has 0 unspecified atom stereocenters. The van der Waals surface area contributed by atoms with Gasteiger partial charge < -0.3 is 4.42 Å². The predicted molar refractivity (Wildman–Crippen MR) is 254 cm³/mol.